The van der Waals surface area contributed by atoms with Crippen molar-refractivity contribution in [1.29, 1.82) is 0 Å². The first kappa shape index (κ1) is 16.2. The van der Waals surface area contributed by atoms with Gasteiger partial charge in [0.25, 0.3) is 0 Å². The smallest absolute Gasteiger partial charge is 0.311 e. The van der Waals surface area contributed by atoms with Crippen LogP contribution >= 0.6 is 0 Å². The van der Waals surface area contributed by atoms with E-state index in [-0.39, 0.29) is 28.4 Å². The van der Waals surface area contributed by atoms with Crippen molar-refractivity contribution in [2.24, 2.45) is 28.6 Å². The molecule has 24 heavy (non-hydrogen) atoms. The molecule has 0 spiro atoms. The van der Waals surface area contributed by atoms with E-state index < -0.39 is 4.92 Å². The number of nitro groups is 1. The average Bonchev–Trinajstić information content (AvgIpc) is 2.83. The number of allylic oxidation sites excluding steroid dienone is 1. The predicted octanol–water partition coefficient (Wildman–Crippen LogP) is 3.48. The minimum atomic E-state index is -0.429. The zero-order valence-corrected chi connectivity index (χ0v) is 14.6. The molecule has 4 aliphatic carbocycles. The zero-order chi connectivity index (χ0) is 17.3. The first-order valence-electron chi connectivity index (χ1n) is 9.38. The molecule has 0 amide bonds. The summed E-state index contributed by atoms with van der Waals surface area (Å²) in [6.45, 7) is 4.41. The van der Waals surface area contributed by atoms with Crippen LogP contribution in [0.5, 0.6) is 0 Å². The van der Waals surface area contributed by atoms with Crippen LogP contribution in [0.4, 0.5) is 0 Å². The van der Waals surface area contributed by atoms with Gasteiger partial charge in [-0.15, -0.1) is 0 Å². The fourth-order valence-corrected chi connectivity index (χ4v) is 6.87. The van der Waals surface area contributed by atoms with E-state index in [9.17, 15) is 20.0 Å². The van der Waals surface area contributed by atoms with Gasteiger partial charge in [0.1, 0.15) is 0 Å². The summed E-state index contributed by atoms with van der Waals surface area (Å²) in [6.07, 6.45) is 6.48. The van der Waals surface area contributed by atoms with Crippen LogP contribution in [-0.4, -0.2) is 21.9 Å². The Morgan fingerprint density at radius 2 is 1.83 bits per heavy atom. The maximum Gasteiger partial charge on any atom is 0.311 e. The second kappa shape index (κ2) is 5.13. The van der Waals surface area contributed by atoms with E-state index in [1.807, 2.05) is 0 Å². The van der Waals surface area contributed by atoms with Crippen molar-refractivity contribution in [1.82, 2.24) is 0 Å². The molecule has 132 valence electrons. The van der Waals surface area contributed by atoms with Gasteiger partial charge in [0.15, 0.2) is 0 Å². The van der Waals surface area contributed by atoms with E-state index in [2.05, 4.69) is 13.8 Å². The summed E-state index contributed by atoms with van der Waals surface area (Å²) >= 11 is 0. The molecule has 0 bridgehead atoms. The number of hydrogen-bond acceptors (Lipinski definition) is 4. The van der Waals surface area contributed by atoms with E-state index in [0.717, 1.165) is 44.1 Å². The van der Waals surface area contributed by atoms with Crippen LogP contribution in [0, 0.1) is 38.7 Å². The van der Waals surface area contributed by atoms with Crippen LogP contribution in [0.1, 0.15) is 65.2 Å². The monoisotopic (exact) mass is 333 g/mol. The summed E-state index contributed by atoms with van der Waals surface area (Å²) in [7, 11) is 0. The normalized spacial score (nSPS) is 47.9. The van der Waals surface area contributed by atoms with Crippen LogP contribution < -0.4 is 0 Å². The SMILES string of the molecule is CC12CCC(=O)C([N+](=O)[O-])=C1CCC1C2CCC2(C)C1CC[C@@H]2O. The predicted molar refractivity (Wildman–Crippen MR) is 88.7 cm³/mol. The highest BCUT2D eigenvalue weighted by molar-refractivity contribution is 5.95. The molecule has 0 aromatic rings. The summed E-state index contributed by atoms with van der Waals surface area (Å²) in [5, 5.41) is 22.0. The number of hydrogen-bond donors (Lipinski definition) is 1. The molecule has 0 aliphatic heterocycles. The first-order chi connectivity index (χ1) is 11.3. The maximum atomic E-state index is 12.1. The minimum absolute atomic E-state index is 0.0230. The number of nitrogens with zero attached hydrogens (tertiary/aromatic N) is 1. The van der Waals surface area contributed by atoms with Crippen molar-refractivity contribution in [2.45, 2.75) is 71.3 Å². The van der Waals surface area contributed by atoms with E-state index in [1.54, 1.807) is 0 Å². The molecule has 0 aromatic carbocycles. The van der Waals surface area contributed by atoms with E-state index in [1.165, 1.54) is 0 Å². The standard InChI is InChI=1S/C19H27NO4/c1-18-10-8-15(21)17(20(23)24)14(18)4-3-11-12-5-6-16(22)19(12,2)9-7-13(11)18/h11-13,16,22H,3-10H2,1-2H3/t11?,12?,13?,16-,18?,19?/m0/s1. The Bertz CT molecular complexity index is 641. The Labute approximate surface area is 142 Å². The summed E-state index contributed by atoms with van der Waals surface area (Å²) in [4.78, 5) is 23.2. The maximum absolute atomic E-state index is 12.1. The van der Waals surface area contributed by atoms with Crippen molar-refractivity contribution < 1.29 is 14.8 Å². The van der Waals surface area contributed by atoms with E-state index in [4.69, 9.17) is 0 Å². The second-order valence-electron chi connectivity index (χ2n) is 8.98. The minimum Gasteiger partial charge on any atom is -0.393 e. The fourth-order valence-electron chi connectivity index (χ4n) is 6.87. The Kier molecular flexibility index (Phi) is 3.48. The number of carbonyl (C=O) groups is 1. The Balaban J connectivity index is 1.75. The highest BCUT2D eigenvalue weighted by Crippen LogP contribution is 2.65. The topological polar surface area (TPSA) is 80.4 Å². The Morgan fingerprint density at radius 3 is 2.54 bits per heavy atom. The van der Waals surface area contributed by atoms with Gasteiger partial charge in [0.2, 0.25) is 5.78 Å². The van der Waals surface area contributed by atoms with Gasteiger partial charge in [-0.05, 0) is 73.5 Å². The molecule has 0 heterocycles. The van der Waals surface area contributed by atoms with Crippen molar-refractivity contribution >= 4 is 5.78 Å². The summed E-state index contributed by atoms with van der Waals surface area (Å²) < 4.78 is 0. The Morgan fingerprint density at radius 1 is 1.08 bits per heavy atom. The molecule has 5 unspecified atom stereocenters. The number of carbonyl (C=O) groups excluding carboxylic acids is 1. The number of aliphatic hydroxyl groups excluding tert-OH is 1. The van der Waals surface area contributed by atoms with Crippen LogP contribution in [0.25, 0.3) is 0 Å². The van der Waals surface area contributed by atoms with Crippen molar-refractivity contribution in [3.05, 3.63) is 21.4 Å². The van der Waals surface area contributed by atoms with Gasteiger partial charge < -0.3 is 5.11 Å². The third kappa shape index (κ3) is 1.94. The lowest BCUT2D eigenvalue weighted by molar-refractivity contribution is -0.422. The highest BCUT2D eigenvalue weighted by Gasteiger charge is 2.60. The van der Waals surface area contributed by atoms with Gasteiger partial charge in [-0.3, -0.25) is 14.9 Å². The van der Waals surface area contributed by atoms with Gasteiger partial charge in [0.05, 0.1) is 11.0 Å². The third-order valence-corrected chi connectivity index (χ3v) is 8.23. The molecule has 3 fully saturated rings. The fraction of sp³-hybridized carbons (Fsp3) is 0.842. The molecule has 5 nitrogen and oxygen atoms in total. The van der Waals surface area contributed by atoms with Crippen LogP contribution in [0.2, 0.25) is 0 Å². The summed E-state index contributed by atoms with van der Waals surface area (Å²) in [6, 6.07) is 0. The summed E-state index contributed by atoms with van der Waals surface area (Å²) in [5.74, 6) is 1.22. The van der Waals surface area contributed by atoms with Crippen molar-refractivity contribution in [3.63, 3.8) is 0 Å². The van der Waals surface area contributed by atoms with Crippen molar-refractivity contribution in [3.8, 4) is 0 Å². The van der Waals surface area contributed by atoms with Gasteiger partial charge in [-0.1, -0.05) is 13.8 Å². The third-order valence-electron chi connectivity index (χ3n) is 8.23. The number of ketones is 1. The molecule has 4 rings (SSSR count). The van der Waals surface area contributed by atoms with E-state index >= 15 is 0 Å². The lowest BCUT2D eigenvalue weighted by Gasteiger charge is -2.57. The molecule has 0 radical (unpaired) electrons. The van der Waals surface area contributed by atoms with Crippen LogP contribution in [-0.2, 0) is 4.79 Å². The van der Waals surface area contributed by atoms with Crippen molar-refractivity contribution in [2.75, 3.05) is 0 Å². The quantitative estimate of drug-likeness (QED) is 0.588. The molecule has 0 aromatic heterocycles. The Hall–Kier alpha value is -1.23. The molecule has 5 heteroatoms. The summed E-state index contributed by atoms with van der Waals surface area (Å²) in [5.41, 5.74) is 0.553. The molecule has 0 saturated heterocycles. The molecule has 3 saturated carbocycles. The first-order valence-corrected chi connectivity index (χ1v) is 9.38. The van der Waals surface area contributed by atoms with Gasteiger partial charge in [-0.2, -0.15) is 0 Å². The molecular formula is C19H27NO4. The number of rotatable bonds is 1. The molecule has 6 atom stereocenters. The number of aliphatic hydroxyl groups is 1. The second-order valence-corrected chi connectivity index (χ2v) is 8.98. The number of fused-ring (bicyclic) bond motifs is 5. The van der Waals surface area contributed by atoms with Gasteiger partial charge >= 0.3 is 5.70 Å². The zero-order valence-electron chi connectivity index (χ0n) is 14.6. The molecule has 4 aliphatic rings. The number of Topliss-reactive ketones (excluding diaryl/α,β-unsaturated/α-hetero) is 1. The average molecular weight is 333 g/mol. The lowest BCUT2D eigenvalue weighted by Crippen LogP contribution is -2.52. The lowest BCUT2D eigenvalue weighted by atomic mass is 9.47. The van der Waals surface area contributed by atoms with Crippen LogP contribution in [0.15, 0.2) is 11.3 Å². The highest BCUT2D eigenvalue weighted by atomic mass is 16.6. The largest absolute Gasteiger partial charge is 0.393 e. The molecule has 1 N–H and O–H groups in total. The molecular weight excluding hydrogens is 306 g/mol. The van der Waals surface area contributed by atoms with Gasteiger partial charge in [0, 0.05) is 12.0 Å². The van der Waals surface area contributed by atoms with Gasteiger partial charge in [-0.25, -0.2) is 0 Å². The van der Waals surface area contributed by atoms with Crippen LogP contribution in [0.3, 0.4) is 0 Å². The van der Waals surface area contributed by atoms with E-state index in [0.29, 0.717) is 30.6 Å².